The number of amides is 1. The second kappa shape index (κ2) is 5.91. The first-order valence-electron chi connectivity index (χ1n) is 6.49. The van der Waals surface area contributed by atoms with Crippen LogP contribution in [0.4, 0.5) is 0 Å². The molecule has 0 fully saturated rings. The van der Waals surface area contributed by atoms with E-state index in [0.29, 0.717) is 12.1 Å². The molecule has 0 aliphatic heterocycles. The van der Waals surface area contributed by atoms with E-state index in [1.807, 2.05) is 19.9 Å². The molecule has 0 bridgehead atoms. The topological polar surface area (TPSA) is 62.5 Å². The van der Waals surface area contributed by atoms with Crippen molar-refractivity contribution in [2.75, 3.05) is 13.1 Å². The minimum Gasteiger partial charge on any atom is -0.480 e. The van der Waals surface area contributed by atoms with Gasteiger partial charge in [0.25, 0.3) is 5.91 Å². The molecule has 0 aromatic carbocycles. The highest BCUT2D eigenvalue weighted by Crippen LogP contribution is 2.21. The Morgan fingerprint density at radius 1 is 1.37 bits per heavy atom. The molecule has 19 heavy (non-hydrogen) atoms. The van der Waals surface area contributed by atoms with Gasteiger partial charge in [0.15, 0.2) is 0 Å². The van der Waals surface area contributed by atoms with Crippen molar-refractivity contribution in [3.8, 4) is 0 Å². The van der Waals surface area contributed by atoms with Crippen molar-refractivity contribution in [1.29, 1.82) is 0 Å². The van der Waals surface area contributed by atoms with Crippen molar-refractivity contribution >= 4 is 11.9 Å². The van der Waals surface area contributed by atoms with Crippen LogP contribution in [0.5, 0.6) is 0 Å². The van der Waals surface area contributed by atoms with Crippen LogP contribution in [-0.2, 0) is 4.79 Å². The summed E-state index contributed by atoms with van der Waals surface area (Å²) in [6.07, 6.45) is 0. The Labute approximate surface area is 113 Å². The SMILES string of the molecule is CCN(CC(=O)O)C(=O)c1cc(C)n(C(C)C)c1C. The lowest BCUT2D eigenvalue weighted by molar-refractivity contribution is -0.137. The number of carboxylic acids is 1. The lowest BCUT2D eigenvalue weighted by atomic mass is 10.2. The smallest absolute Gasteiger partial charge is 0.323 e. The maximum Gasteiger partial charge on any atom is 0.323 e. The Kier molecular flexibility index (Phi) is 4.75. The molecule has 1 aromatic rings. The summed E-state index contributed by atoms with van der Waals surface area (Å²) in [7, 11) is 0. The average molecular weight is 266 g/mol. The number of aromatic nitrogens is 1. The summed E-state index contributed by atoms with van der Waals surface area (Å²) in [4.78, 5) is 24.5. The number of aliphatic carboxylic acids is 1. The molecule has 5 nitrogen and oxygen atoms in total. The molecule has 0 aliphatic carbocycles. The van der Waals surface area contributed by atoms with Gasteiger partial charge in [-0.05, 0) is 40.7 Å². The third-order valence-corrected chi connectivity index (χ3v) is 3.23. The maximum atomic E-state index is 12.4. The summed E-state index contributed by atoms with van der Waals surface area (Å²) in [5, 5.41) is 8.83. The molecule has 106 valence electrons. The second-order valence-electron chi connectivity index (χ2n) is 4.96. The van der Waals surface area contributed by atoms with E-state index in [1.54, 1.807) is 6.92 Å². The first-order valence-corrected chi connectivity index (χ1v) is 6.49. The monoisotopic (exact) mass is 266 g/mol. The fourth-order valence-corrected chi connectivity index (χ4v) is 2.45. The summed E-state index contributed by atoms with van der Waals surface area (Å²) in [5.41, 5.74) is 2.50. The predicted molar refractivity (Wildman–Crippen MR) is 73.5 cm³/mol. The van der Waals surface area contributed by atoms with Crippen LogP contribution in [0.1, 0.15) is 48.6 Å². The number of hydrogen-bond donors (Lipinski definition) is 1. The Morgan fingerprint density at radius 3 is 2.32 bits per heavy atom. The molecular formula is C14H22N2O3. The first-order chi connectivity index (χ1) is 8.79. The zero-order valence-corrected chi connectivity index (χ0v) is 12.2. The van der Waals surface area contributed by atoms with Gasteiger partial charge in [0, 0.05) is 24.0 Å². The van der Waals surface area contributed by atoms with Gasteiger partial charge < -0.3 is 14.6 Å². The summed E-state index contributed by atoms with van der Waals surface area (Å²) in [6, 6.07) is 2.11. The van der Waals surface area contributed by atoms with Crippen LogP contribution in [-0.4, -0.2) is 39.5 Å². The molecule has 0 saturated carbocycles. The molecule has 1 heterocycles. The summed E-state index contributed by atoms with van der Waals surface area (Å²) in [5.74, 6) is -1.21. The van der Waals surface area contributed by atoms with E-state index in [2.05, 4.69) is 18.4 Å². The quantitative estimate of drug-likeness (QED) is 0.889. The van der Waals surface area contributed by atoms with Crippen LogP contribution in [0.25, 0.3) is 0 Å². The number of carbonyl (C=O) groups is 2. The van der Waals surface area contributed by atoms with Crippen LogP contribution < -0.4 is 0 Å². The van der Waals surface area contributed by atoms with Gasteiger partial charge in [-0.3, -0.25) is 9.59 Å². The number of rotatable bonds is 5. The fourth-order valence-electron chi connectivity index (χ4n) is 2.45. The van der Waals surface area contributed by atoms with Crippen molar-refractivity contribution in [3.05, 3.63) is 23.0 Å². The number of aryl methyl sites for hydroxylation is 1. The molecule has 0 saturated heterocycles. The van der Waals surface area contributed by atoms with Gasteiger partial charge in [-0.15, -0.1) is 0 Å². The minimum absolute atomic E-state index is 0.218. The van der Waals surface area contributed by atoms with Gasteiger partial charge in [-0.2, -0.15) is 0 Å². The molecule has 1 N–H and O–H groups in total. The van der Waals surface area contributed by atoms with Gasteiger partial charge in [0.2, 0.25) is 0 Å². The van der Waals surface area contributed by atoms with E-state index in [-0.39, 0.29) is 18.5 Å². The van der Waals surface area contributed by atoms with Crippen molar-refractivity contribution in [3.63, 3.8) is 0 Å². The summed E-state index contributed by atoms with van der Waals surface area (Å²) >= 11 is 0. The molecule has 0 atom stereocenters. The largest absolute Gasteiger partial charge is 0.480 e. The minimum atomic E-state index is -0.993. The number of nitrogens with zero attached hydrogens (tertiary/aromatic N) is 2. The van der Waals surface area contributed by atoms with Crippen molar-refractivity contribution in [2.45, 2.75) is 40.7 Å². The number of carboxylic acid groups (broad SMARTS) is 1. The molecule has 0 aliphatic rings. The molecule has 1 amide bonds. The van der Waals surface area contributed by atoms with E-state index in [9.17, 15) is 9.59 Å². The summed E-state index contributed by atoms with van der Waals surface area (Å²) in [6.45, 7) is 9.87. The molecule has 5 heteroatoms. The highest BCUT2D eigenvalue weighted by atomic mass is 16.4. The van der Waals surface area contributed by atoms with Gasteiger partial charge in [-0.1, -0.05) is 0 Å². The van der Waals surface area contributed by atoms with E-state index in [0.717, 1.165) is 11.4 Å². The van der Waals surface area contributed by atoms with E-state index < -0.39 is 5.97 Å². The lowest BCUT2D eigenvalue weighted by Gasteiger charge is -2.19. The van der Waals surface area contributed by atoms with Crippen LogP contribution in [0, 0.1) is 13.8 Å². The average Bonchev–Trinajstić information content (AvgIpc) is 2.60. The highest BCUT2D eigenvalue weighted by molar-refractivity contribution is 5.97. The van der Waals surface area contributed by atoms with Gasteiger partial charge in [-0.25, -0.2) is 0 Å². The third-order valence-electron chi connectivity index (χ3n) is 3.23. The fraction of sp³-hybridized carbons (Fsp3) is 0.571. The van der Waals surface area contributed by atoms with Crippen LogP contribution in [0.2, 0.25) is 0 Å². The van der Waals surface area contributed by atoms with E-state index in [1.165, 1.54) is 4.90 Å². The number of likely N-dealkylation sites (N-methyl/N-ethyl adjacent to an activating group) is 1. The van der Waals surface area contributed by atoms with Crippen molar-refractivity contribution in [2.24, 2.45) is 0 Å². The van der Waals surface area contributed by atoms with Crippen LogP contribution >= 0.6 is 0 Å². The normalized spacial score (nSPS) is 10.8. The first kappa shape index (κ1) is 15.3. The van der Waals surface area contributed by atoms with Gasteiger partial charge in [0.1, 0.15) is 6.54 Å². The molecule has 0 unspecified atom stereocenters. The molecular weight excluding hydrogens is 244 g/mol. The highest BCUT2D eigenvalue weighted by Gasteiger charge is 2.22. The molecule has 1 rings (SSSR count). The van der Waals surface area contributed by atoms with Crippen molar-refractivity contribution < 1.29 is 14.7 Å². The maximum absolute atomic E-state index is 12.4. The molecule has 0 radical (unpaired) electrons. The van der Waals surface area contributed by atoms with Crippen LogP contribution in [0.3, 0.4) is 0 Å². The zero-order chi connectivity index (χ0) is 14.7. The van der Waals surface area contributed by atoms with Gasteiger partial charge >= 0.3 is 5.97 Å². The number of hydrogen-bond acceptors (Lipinski definition) is 2. The molecule has 1 aromatic heterocycles. The number of carbonyl (C=O) groups excluding carboxylic acids is 1. The third kappa shape index (κ3) is 3.16. The Balaban J connectivity index is 3.12. The van der Waals surface area contributed by atoms with Crippen molar-refractivity contribution in [1.82, 2.24) is 9.47 Å². The second-order valence-corrected chi connectivity index (χ2v) is 4.96. The van der Waals surface area contributed by atoms with Crippen LogP contribution in [0.15, 0.2) is 6.07 Å². The Bertz CT molecular complexity index is 489. The Morgan fingerprint density at radius 2 is 1.95 bits per heavy atom. The Hall–Kier alpha value is -1.78. The zero-order valence-electron chi connectivity index (χ0n) is 12.2. The van der Waals surface area contributed by atoms with Gasteiger partial charge in [0.05, 0.1) is 5.56 Å². The van der Waals surface area contributed by atoms with E-state index >= 15 is 0 Å². The van der Waals surface area contributed by atoms with E-state index in [4.69, 9.17) is 5.11 Å². The predicted octanol–water partition coefficient (Wildman–Crippen LogP) is 2.23. The lowest BCUT2D eigenvalue weighted by Crippen LogP contribution is -2.35. The standard InChI is InChI=1S/C14H22N2O3/c1-6-15(8-13(17)18)14(19)12-7-10(4)16(9(2)3)11(12)5/h7,9H,6,8H2,1-5H3,(H,17,18). The molecule has 0 spiro atoms. The summed E-state index contributed by atoms with van der Waals surface area (Å²) < 4.78 is 2.09.